The van der Waals surface area contributed by atoms with Gasteiger partial charge in [0.1, 0.15) is 12.2 Å². The van der Waals surface area contributed by atoms with Gasteiger partial charge in [0.05, 0.1) is 5.60 Å². The average Bonchev–Trinajstić information content (AvgIpc) is 2.75. The van der Waals surface area contributed by atoms with Crippen LogP contribution < -0.4 is 5.32 Å². The lowest BCUT2D eigenvalue weighted by Gasteiger charge is -2.46. The van der Waals surface area contributed by atoms with E-state index in [1.807, 2.05) is 11.8 Å². The molecule has 1 unspecified atom stereocenters. The van der Waals surface area contributed by atoms with E-state index >= 15 is 0 Å². The van der Waals surface area contributed by atoms with Crippen LogP contribution in [0.1, 0.15) is 45.9 Å². The van der Waals surface area contributed by atoms with Gasteiger partial charge in [-0.15, -0.1) is 0 Å². The molecule has 1 N–H and O–H groups in total. The van der Waals surface area contributed by atoms with E-state index in [2.05, 4.69) is 36.2 Å². The SMILES string of the molecule is CCNC(Cc1ncnn1CC(C)C)C1(OC)CCC1. The average molecular weight is 280 g/mol. The largest absolute Gasteiger partial charge is 0.377 e. The number of hydrogen-bond donors (Lipinski definition) is 1. The highest BCUT2D eigenvalue weighted by Crippen LogP contribution is 2.39. The second-order valence-corrected chi connectivity index (χ2v) is 6.19. The highest BCUT2D eigenvalue weighted by molar-refractivity contribution is 5.04. The molecule has 0 spiro atoms. The van der Waals surface area contributed by atoms with Gasteiger partial charge in [0, 0.05) is 26.1 Å². The third-order valence-corrected chi connectivity index (χ3v) is 4.31. The zero-order valence-corrected chi connectivity index (χ0v) is 13.2. The Morgan fingerprint density at radius 2 is 2.20 bits per heavy atom. The van der Waals surface area contributed by atoms with Crippen molar-refractivity contribution < 1.29 is 4.74 Å². The number of rotatable bonds is 8. The maximum absolute atomic E-state index is 5.84. The number of nitrogens with zero attached hydrogens (tertiary/aromatic N) is 3. The molecule has 1 saturated carbocycles. The fourth-order valence-corrected chi connectivity index (χ4v) is 3.04. The van der Waals surface area contributed by atoms with Gasteiger partial charge in [0.25, 0.3) is 0 Å². The van der Waals surface area contributed by atoms with Crippen LogP contribution in [0.3, 0.4) is 0 Å². The van der Waals surface area contributed by atoms with Crippen molar-refractivity contribution in [2.75, 3.05) is 13.7 Å². The van der Waals surface area contributed by atoms with Crippen LogP contribution in [0.25, 0.3) is 0 Å². The molecule has 0 radical (unpaired) electrons. The lowest BCUT2D eigenvalue weighted by atomic mass is 9.73. The van der Waals surface area contributed by atoms with E-state index in [9.17, 15) is 0 Å². The maximum atomic E-state index is 5.84. The molecule has 1 heterocycles. The number of ether oxygens (including phenoxy) is 1. The monoisotopic (exact) mass is 280 g/mol. The molecule has 1 fully saturated rings. The quantitative estimate of drug-likeness (QED) is 0.791. The highest BCUT2D eigenvalue weighted by Gasteiger charge is 2.44. The highest BCUT2D eigenvalue weighted by atomic mass is 16.5. The van der Waals surface area contributed by atoms with Gasteiger partial charge in [0.2, 0.25) is 0 Å². The van der Waals surface area contributed by atoms with Crippen molar-refractivity contribution in [2.24, 2.45) is 5.92 Å². The number of methoxy groups -OCH3 is 1. The van der Waals surface area contributed by atoms with Crippen LogP contribution in [0.15, 0.2) is 6.33 Å². The van der Waals surface area contributed by atoms with Crippen molar-refractivity contribution in [3.63, 3.8) is 0 Å². The normalized spacial score (nSPS) is 19.1. The Morgan fingerprint density at radius 3 is 2.70 bits per heavy atom. The third-order valence-electron chi connectivity index (χ3n) is 4.31. The summed E-state index contributed by atoms with van der Waals surface area (Å²) in [5, 5.41) is 7.95. The van der Waals surface area contributed by atoms with Gasteiger partial charge < -0.3 is 10.1 Å². The summed E-state index contributed by atoms with van der Waals surface area (Å²) in [6.45, 7) is 8.43. The zero-order chi connectivity index (χ0) is 14.6. The summed E-state index contributed by atoms with van der Waals surface area (Å²) in [4.78, 5) is 4.45. The zero-order valence-electron chi connectivity index (χ0n) is 13.2. The minimum absolute atomic E-state index is 0.00930. The van der Waals surface area contributed by atoms with Crippen molar-refractivity contribution in [1.29, 1.82) is 0 Å². The lowest BCUT2D eigenvalue weighted by molar-refractivity contribution is -0.0983. The van der Waals surface area contributed by atoms with Gasteiger partial charge in [-0.1, -0.05) is 20.8 Å². The molecule has 20 heavy (non-hydrogen) atoms. The van der Waals surface area contributed by atoms with Crippen LogP contribution in [0.4, 0.5) is 0 Å². The Morgan fingerprint density at radius 1 is 1.45 bits per heavy atom. The van der Waals surface area contributed by atoms with Crippen molar-refractivity contribution >= 4 is 0 Å². The molecule has 1 atom stereocenters. The Balaban J connectivity index is 2.10. The topological polar surface area (TPSA) is 52.0 Å². The Kier molecular flexibility index (Phi) is 5.16. The molecule has 0 aromatic carbocycles. The second-order valence-electron chi connectivity index (χ2n) is 6.19. The molecule has 0 bridgehead atoms. The summed E-state index contributed by atoms with van der Waals surface area (Å²) in [6.07, 6.45) is 6.09. The van der Waals surface area contributed by atoms with Crippen LogP contribution in [-0.2, 0) is 17.7 Å². The van der Waals surface area contributed by atoms with Crippen molar-refractivity contribution in [1.82, 2.24) is 20.1 Å². The molecule has 0 saturated heterocycles. The van der Waals surface area contributed by atoms with Gasteiger partial charge in [-0.25, -0.2) is 9.67 Å². The van der Waals surface area contributed by atoms with Gasteiger partial charge in [-0.2, -0.15) is 5.10 Å². The summed E-state index contributed by atoms with van der Waals surface area (Å²) in [6, 6.07) is 0.321. The predicted octanol–water partition coefficient (Wildman–Crippen LogP) is 2.02. The first-order valence-electron chi connectivity index (χ1n) is 7.76. The summed E-state index contributed by atoms with van der Waals surface area (Å²) in [7, 11) is 1.84. The van der Waals surface area contributed by atoms with Crippen LogP contribution in [0.2, 0.25) is 0 Å². The molecule has 1 aliphatic rings. The van der Waals surface area contributed by atoms with Crippen molar-refractivity contribution in [3.05, 3.63) is 12.2 Å². The molecule has 1 aromatic heterocycles. The molecule has 0 aliphatic heterocycles. The molecule has 5 heteroatoms. The van der Waals surface area contributed by atoms with Crippen LogP contribution >= 0.6 is 0 Å². The summed E-state index contributed by atoms with van der Waals surface area (Å²) >= 11 is 0. The Labute approximate surface area is 122 Å². The van der Waals surface area contributed by atoms with Gasteiger partial charge in [-0.05, 0) is 31.7 Å². The van der Waals surface area contributed by atoms with E-state index in [1.165, 1.54) is 6.42 Å². The predicted molar refractivity (Wildman–Crippen MR) is 79.6 cm³/mol. The summed E-state index contributed by atoms with van der Waals surface area (Å²) < 4.78 is 7.88. The smallest absolute Gasteiger partial charge is 0.138 e. The van der Waals surface area contributed by atoms with E-state index in [4.69, 9.17) is 4.74 Å². The molecular weight excluding hydrogens is 252 g/mol. The molecular formula is C15H28N4O. The Hall–Kier alpha value is -0.940. The van der Waals surface area contributed by atoms with Crippen molar-refractivity contribution in [2.45, 2.75) is 64.6 Å². The third kappa shape index (κ3) is 3.20. The van der Waals surface area contributed by atoms with Gasteiger partial charge >= 0.3 is 0 Å². The van der Waals surface area contributed by atoms with Crippen LogP contribution in [0.5, 0.6) is 0 Å². The standard InChI is InChI=1S/C15H28N4O/c1-5-16-13(15(20-4)7-6-8-15)9-14-17-11-18-19(14)10-12(2)3/h11-13,16H,5-10H2,1-4H3. The van der Waals surface area contributed by atoms with Gasteiger partial charge in [-0.3, -0.25) is 0 Å². The van der Waals surface area contributed by atoms with E-state index in [0.717, 1.165) is 38.2 Å². The molecule has 2 rings (SSSR count). The van der Waals surface area contributed by atoms with Crippen LogP contribution in [-0.4, -0.2) is 40.1 Å². The summed E-state index contributed by atoms with van der Waals surface area (Å²) in [5.74, 6) is 1.64. The molecule has 114 valence electrons. The van der Waals surface area contributed by atoms with E-state index < -0.39 is 0 Å². The molecule has 1 aliphatic carbocycles. The first-order valence-corrected chi connectivity index (χ1v) is 7.76. The fraction of sp³-hybridized carbons (Fsp3) is 0.867. The fourth-order valence-electron chi connectivity index (χ4n) is 3.04. The first kappa shape index (κ1) is 15.4. The van der Waals surface area contributed by atoms with Crippen LogP contribution in [0, 0.1) is 5.92 Å². The minimum atomic E-state index is -0.00930. The second kappa shape index (κ2) is 6.68. The van der Waals surface area contributed by atoms with Gasteiger partial charge in [0.15, 0.2) is 0 Å². The van der Waals surface area contributed by atoms with E-state index in [-0.39, 0.29) is 5.60 Å². The Bertz CT molecular complexity index is 406. The van der Waals surface area contributed by atoms with E-state index in [0.29, 0.717) is 12.0 Å². The molecule has 5 nitrogen and oxygen atoms in total. The number of aromatic nitrogens is 3. The van der Waals surface area contributed by atoms with Crippen molar-refractivity contribution in [3.8, 4) is 0 Å². The molecule has 0 amide bonds. The molecule has 1 aromatic rings. The van der Waals surface area contributed by atoms with E-state index in [1.54, 1.807) is 6.33 Å². The number of nitrogens with one attached hydrogen (secondary N) is 1. The maximum Gasteiger partial charge on any atom is 0.138 e. The lowest BCUT2D eigenvalue weighted by Crippen LogP contribution is -2.57. The summed E-state index contributed by atoms with van der Waals surface area (Å²) in [5.41, 5.74) is -0.00930. The number of hydrogen-bond acceptors (Lipinski definition) is 4. The first-order chi connectivity index (χ1) is 9.61. The minimum Gasteiger partial charge on any atom is -0.377 e. The number of likely N-dealkylation sites (N-methyl/N-ethyl adjacent to an activating group) is 1.